The van der Waals surface area contributed by atoms with Gasteiger partial charge in [0, 0.05) is 4.47 Å². The van der Waals surface area contributed by atoms with Crippen LogP contribution in [0.2, 0.25) is 0 Å². The molecule has 0 radical (unpaired) electrons. The van der Waals surface area contributed by atoms with Crippen LogP contribution in [0, 0.1) is 6.92 Å². The number of hydrogen-bond donors (Lipinski definition) is 2. The lowest BCUT2D eigenvalue weighted by molar-refractivity contribution is -0.123. The summed E-state index contributed by atoms with van der Waals surface area (Å²) in [5, 5.41) is 6.87. The Hall–Kier alpha value is -4.48. The number of ether oxygens (including phenoxy) is 1. The van der Waals surface area contributed by atoms with Crippen LogP contribution < -0.4 is 19.8 Å². The first kappa shape index (κ1) is 31.5. The first-order valence-electron chi connectivity index (χ1n) is 13.4. The summed E-state index contributed by atoms with van der Waals surface area (Å²) in [4.78, 5) is 25.1. The Labute approximate surface area is 259 Å². The Morgan fingerprint density at radius 3 is 2.21 bits per heavy atom. The quantitative estimate of drug-likeness (QED) is 0.156. The van der Waals surface area contributed by atoms with Crippen molar-refractivity contribution in [1.29, 1.82) is 0 Å². The van der Waals surface area contributed by atoms with E-state index in [9.17, 15) is 18.0 Å². The van der Waals surface area contributed by atoms with Gasteiger partial charge in [-0.1, -0.05) is 64.0 Å². The van der Waals surface area contributed by atoms with E-state index in [0.29, 0.717) is 17.0 Å². The third-order valence-electron chi connectivity index (χ3n) is 6.34. The predicted molar refractivity (Wildman–Crippen MR) is 171 cm³/mol. The lowest BCUT2D eigenvalue weighted by Crippen LogP contribution is -2.39. The van der Waals surface area contributed by atoms with Crippen LogP contribution in [0.1, 0.15) is 29.7 Å². The summed E-state index contributed by atoms with van der Waals surface area (Å²) in [6.07, 6.45) is 1.42. The van der Waals surface area contributed by atoms with Gasteiger partial charge in [0.1, 0.15) is 12.3 Å². The third-order valence-corrected chi connectivity index (χ3v) is 8.66. The fourth-order valence-electron chi connectivity index (χ4n) is 4.01. The average Bonchev–Trinajstić information content (AvgIpc) is 3.00. The topological polar surface area (TPSA) is 117 Å². The first-order valence-corrected chi connectivity index (χ1v) is 15.6. The molecular weight excluding hydrogens is 632 g/mol. The average molecular weight is 664 g/mol. The number of nitrogens with zero attached hydrogens (tertiary/aromatic N) is 2. The number of carbonyl (C=O) groups excluding carboxylic acids is 2. The van der Waals surface area contributed by atoms with Crippen LogP contribution in [0.25, 0.3) is 0 Å². The summed E-state index contributed by atoms with van der Waals surface area (Å²) >= 11 is 3.35. The number of amides is 2. The van der Waals surface area contributed by atoms with Gasteiger partial charge < -0.3 is 10.1 Å². The number of rotatable bonds is 12. The van der Waals surface area contributed by atoms with Crippen LogP contribution in [0.5, 0.6) is 5.75 Å². The zero-order valence-electron chi connectivity index (χ0n) is 23.6. The SMILES string of the molecule is Cc1ccc(S(=O)(=O)N(CC(=O)N/N=C\c2ccc(OCC(=O)N[C@H](C)c3ccccc3)cc2)c2ccc(Br)cc2)cc1. The summed E-state index contributed by atoms with van der Waals surface area (Å²) in [5.41, 5.74) is 5.30. The molecule has 0 saturated heterocycles. The molecule has 0 aromatic heterocycles. The normalized spacial score (nSPS) is 12.0. The second kappa shape index (κ2) is 14.6. The minimum Gasteiger partial charge on any atom is -0.484 e. The van der Waals surface area contributed by atoms with Crippen molar-refractivity contribution in [3.8, 4) is 5.75 Å². The molecule has 2 amide bonds. The van der Waals surface area contributed by atoms with Crippen molar-refractivity contribution in [3.63, 3.8) is 0 Å². The van der Waals surface area contributed by atoms with E-state index in [2.05, 4.69) is 31.8 Å². The van der Waals surface area contributed by atoms with Gasteiger partial charge in [-0.15, -0.1) is 0 Å². The molecule has 1 atom stereocenters. The highest BCUT2D eigenvalue weighted by atomic mass is 79.9. The molecule has 0 heterocycles. The van der Waals surface area contributed by atoms with Crippen molar-refractivity contribution in [3.05, 3.63) is 124 Å². The molecule has 0 aliphatic heterocycles. The van der Waals surface area contributed by atoms with E-state index in [1.165, 1.54) is 18.3 Å². The van der Waals surface area contributed by atoms with E-state index in [1.54, 1.807) is 60.7 Å². The smallest absolute Gasteiger partial charge is 0.264 e. The van der Waals surface area contributed by atoms with E-state index < -0.39 is 22.5 Å². The molecule has 4 aromatic rings. The molecule has 4 rings (SSSR count). The molecule has 2 N–H and O–H groups in total. The summed E-state index contributed by atoms with van der Waals surface area (Å²) in [6.45, 7) is 3.15. The molecule has 0 aliphatic rings. The van der Waals surface area contributed by atoms with Gasteiger partial charge in [-0.25, -0.2) is 13.8 Å². The van der Waals surface area contributed by atoms with Crippen LogP contribution in [0.15, 0.2) is 118 Å². The Bertz CT molecular complexity index is 1660. The van der Waals surface area contributed by atoms with Gasteiger partial charge in [0.25, 0.3) is 21.8 Å². The highest BCUT2D eigenvalue weighted by Gasteiger charge is 2.27. The number of nitrogens with one attached hydrogen (secondary N) is 2. The second-order valence-corrected chi connectivity index (χ2v) is 12.4. The van der Waals surface area contributed by atoms with E-state index in [4.69, 9.17) is 4.74 Å². The summed E-state index contributed by atoms with van der Waals surface area (Å²) in [5.74, 6) is -0.369. The van der Waals surface area contributed by atoms with Gasteiger partial charge in [0.2, 0.25) is 0 Å². The van der Waals surface area contributed by atoms with Gasteiger partial charge in [0.05, 0.1) is 22.8 Å². The van der Waals surface area contributed by atoms with Crippen molar-refractivity contribution in [2.75, 3.05) is 17.5 Å². The maximum absolute atomic E-state index is 13.5. The van der Waals surface area contributed by atoms with Gasteiger partial charge in [0.15, 0.2) is 6.61 Å². The number of anilines is 1. The lowest BCUT2D eigenvalue weighted by atomic mass is 10.1. The molecule has 0 unspecified atom stereocenters. The molecule has 0 bridgehead atoms. The van der Waals surface area contributed by atoms with Gasteiger partial charge >= 0.3 is 0 Å². The molecule has 0 saturated carbocycles. The molecule has 11 heteroatoms. The van der Waals surface area contributed by atoms with Crippen molar-refractivity contribution < 1.29 is 22.7 Å². The van der Waals surface area contributed by atoms with Gasteiger partial charge in [-0.2, -0.15) is 5.10 Å². The highest BCUT2D eigenvalue weighted by Crippen LogP contribution is 2.25. The van der Waals surface area contributed by atoms with Crippen LogP contribution >= 0.6 is 15.9 Å². The lowest BCUT2D eigenvalue weighted by Gasteiger charge is -2.23. The van der Waals surface area contributed by atoms with Crippen LogP contribution in [-0.2, 0) is 19.6 Å². The standard InChI is InChI=1S/C32H31BrN4O5S/c1-23-8-18-30(19-9-23)43(40,41)37(28-14-12-27(33)13-15-28)21-31(38)36-34-20-25-10-16-29(17-11-25)42-22-32(39)35-24(2)26-6-4-3-5-7-26/h3-20,24H,21-22H2,1-2H3,(H,35,39)(H,36,38)/b34-20-/t24-/m1/s1. The fraction of sp³-hybridized carbons (Fsp3) is 0.156. The minimum atomic E-state index is -4.03. The molecule has 0 spiro atoms. The number of hydrazone groups is 1. The second-order valence-electron chi connectivity index (χ2n) is 9.65. The summed E-state index contributed by atoms with van der Waals surface area (Å²) in [6, 6.07) is 29.4. The molecule has 0 fully saturated rings. The molecule has 0 aliphatic carbocycles. The Kier molecular flexibility index (Phi) is 10.7. The molecular formula is C32H31BrN4O5S. The number of halogens is 1. The highest BCUT2D eigenvalue weighted by molar-refractivity contribution is 9.10. The van der Waals surface area contributed by atoms with E-state index >= 15 is 0 Å². The number of carbonyl (C=O) groups is 2. The van der Waals surface area contributed by atoms with Gasteiger partial charge in [-0.05, 0) is 85.6 Å². The first-order chi connectivity index (χ1) is 20.6. The monoisotopic (exact) mass is 662 g/mol. The molecule has 4 aromatic carbocycles. The van der Waals surface area contributed by atoms with E-state index in [1.807, 2.05) is 44.2 Å². The number of sulfonamides is 1. The molecule has 9 nitrogen and oxygen atoms in total. The largest absolute Gasteiger partial charge is 0.484 e. The van der Waals surface area contributed by atoms with Crippen LogP contribution in [-0.4, -0.2) is 39.6 Å². The Morgan fingerprint density at radius 1 is 0.907 bits per heavy atom. The fourth-order valence-corrected chi connectivity index (χ4v) is 5.70. The predicted octanol–water partition coefficient (Wildman–Crippen LogP) is 5.36. The zero-order chi connectivity index (χ0) is 30.8. The summed E-state index contributed by atoms with van der Waals surface area (Å²) in [7, 11) is -4.03. The van der Waals surface area contributed by atoms with E-state index in [-0.39, 0.29) is 23.5 Å². The summed E-state index contributed by atoms with van der Waals surface area (Å²) < 4.78 is 34.3. The van der Waals surface area contributed by atoms with Gasteiger partial charge in [-0.3, -0.25) is 13.9 Å². The van der Waals surface area contributed by atoms with Crippen LogP contribution in [0.4, 0.5) is 5.69 Å². The van der Waals surface area contributed by atoms with Crippen molar-refractivity contribution >= 4 is 49.7 Å². The van der Waals surface area contributed by atoms with Crippen molar-refractivity contribution in [1.82, 2.24) is 10.7 Å². The van der Waals surface area contributed by atoms with Crippen molar-refractivity contribution in [2.45, 2.75) is 24.8 Å². The third kappa shape index (κ3) is 9.00. The Balaban J connectivity index is 1.33. The number of aryl methyl sites for hydroxylation is 1. The van der Waals surface area contributed by atoms with Crippen molar-refractivity contribution in [2.24, 2.45) is 5.10 Å². The van der Waals surface area contributed by atoms with Crippen LogP contribution in [0.3, 0.4) is 0 Å². The number of benzene rings is 4. The van der Waals surface area contributed by atoms with E-state index in [0.717, 1.165) is 19.9 Å². The minimum absolute atomic E-state index is 0.0721. The molecule has 43 heavy (non-hydrogen) atoms. The molecule has 222 valence electrons. The maximum Gasteiger partial charge on any atom is 0.264 e. The number of hydrogen-bond acceptors (Lipinski definition) is 6. The zero-order valence-corrected chi connectivity index (χ0v) is 26.0. The Morgan fingerprint density at radius 2 is 1.56 bits per heavy atom. The maximum atomic E-state index is 13.5.